The van der Waals surface area contributed by atoms with Crippen LogP contribution in [0.1, 0.15) is 37.7 Å². The lowest BCUT2D eigenvalue weighted by atomic mass is 10.0. The first-order chi connectivity index (χ1) is 14.6. The normalized spacial score (nSPS) is 12.4. The molecule has 0 bridgehead atoms. The predicted molar refractivity (Wildman–Crippen MR) is 116 cm³/mol. The Balaban J connectivity index is 1.51. The Hall–Kier alpha value is -2.52. The standard InChI is InChI=1S/C22H27N3O4S/c26-22(24-27)5-3-1-2-4-14-25(30(28)29)16-17-6-8-18(9-7-17)19-10-11-21-20(15-19)12-13-23-21/h6-13,15,23,27H,1-5,14,16H2,(H,24,26)(H,28,29)/p-1. The molecule has 3 N–H and O–H groups in total. The van der Waals surface area contributed by atoms with E-state index in [0.29, 0.717) is 19.5 Å². The van der Waals surface area contributed by atoms with E-state index in [1.165, 1.54) is 4.31 Å². The van der Waals surface area contributed by atoms with Crippen LogP contribution in [0.4, 0.5) is 0 Å². The number of nitrogens with one attached hydrogen (secondary N) is 2. The van der Waals surface area contributed by atoms with Gasteiger partial charge in [-0.15, -0.1) is 0 Å². The summed E-state index contributed by atoms with van der Waals surface area (Å²) in [6, 6.07) is 16.2. The fraction of sp³-hybridized carbons (Fsp3) is 0.318. The van der Waals surface area contributed by atoms with Gasteiger partial charge < -0.3 is 9.54 Å². The third kappa shape index (κ3) is 6.24. The zero-order chi connectivity index (χ0) is 21.3. The minimum atomic E-state index is -2.29. The van der Waals surface area contributed by atoms with Gasteiger partial charge in [0.15, 0.2) is 0 Å². The van der Waals surface area contributed by atoms with Crippen LogP contribution in [0.3, 0.4) is 0 Å². The van der Waals surface area contributed by atoms with E-state index in [1.807, 2.05) is 36.5 Å². The summed E-state index contributed by atoms with van der Waals surface area (Å²) in [5.41, 5.74) is 5.85. The fourth-order valence-electron chi connectivity index (χ4n) is 3.43. The van der Waals surface area contributed by atoms with Crippen molar-refractivity contribution < 1.29 is 18.8 Å². The van der Waals surface area contributed by atoms with Crippen LogP contribution in [0.25, 0.3) is 22.0 Å². The third-order valence-corrected chi connectivity index (χ3v) is 5.83. The van der Waals surface area contributed by atoms with Gasteiger partial charge in [0.1, 0.15) is 0 Å². The molecule has 2 aromatic carbocycles. The van der Waals surface area contributed by atoms with Gasteiger partial charge >= 0.3 is 0 Å². The van der Waals surface area contributed by atoms with Crippen molar-refractivity contribution in [3.63, 3.8) is 0 Å². The van der Waals surface area contributed by atoms with Crippen LogP contribution in [0.15, 0.2) is 54.7 Å². The predicted octanol–water partition coefficient (Wildman–Crippen LogP) is 3.89. The zero-order valence-corrected chi connectivity index (χ0v) is 17.5. The molecule has 1 aromatic heterocycles. The highest BCUT2D eigenvalue weighted by atomic mass is 32.2. The topological polar surface area (TPSA) is 108 Å². The number of rotatable bonds is 11. The molecule has 3 aromatic rings. The van der Waals surface area contributed by atoms with Crippen molar-refractivity contribution >= 4 is 28.1 Å². The van der Waals surface area contributed by atoms with E-state index in [2.05, 4.69) is 23.2 Å². The summed E-state index contributed by atoms with van der Waals surface area (Å²) in [5.74, 6) is -0.395. The minimum Gasteiger partial charge on any atom is -0.760 e. The van der Waals surface area contributed by atoms with Gasteiger partial charge in [0.2, 0.25) is 5.91 Å². The Kier molecular flexibility index (Phi) is 8.15. The highest BCUT2D eigenvalue weighted by molar-refractivity contribution is 7.76. The molecule has 3 rings (SSSR count). The Morgan fingerprint density at radius 3 is 2.50 bits per heavy atom. The summed E-state index contributed by atoms with van der Waals surface area (Å²) < 4.78 is 24.6. The lowest BCUT2D eigenvalue weighted by molar-refractivity contribution is -0.129. The van der Waals surface area contributed by atoms with Crippen molar-refractivity contribution in [3.8, 4) is 11.1 Å². The number of benzene rings is 2. The molecular weight excluding hydrogens is 402 g/mol. The van der Waals surface area contributed by atoms with Crippen molar-refractivity contribution in [2.45, 2.75) is 38.6 Å². The molecule has 30 heavy (non-hydrogen) atoms. The highest BCUT2D eigenvalue weighted by Gasteiger charge is 2.08. The van der Waals surface area contributed by atoms with Gasteiger partial charge in [-0.1, -0.05) is 43.2 Å². The van der Waals surface area contributed by atoms with Gasteiger partial charge in [-0.25, -0.2) is 9.79 Å². The minimum absolute atomic E-state index is 0.275. The number of fused-ring (bicyclic) bond motifs is 1. The maximum atomic E-state index is 11.6. The average Bonchev–Trinajstić information content (AvgIpc) is 3.23. The van der Waals surface area contributed by atoms with Crippen molar-refractivity contribution in [1.29, 1.82) is 0 Å². The summed E-state index contributed by atoms with van der Waals surface area (Å²) in [6.45, 7) is 0.772. The van der Waals surface area contributed by atoms with Crippen LogP contribution in [-0.4, -0.2) is 35.7 Å². The van der Waals surface area contributed by atoms with Crippen LogP contribution in [-0.2, 0) is 22.6 Å². The summed E-state index contributed by atoms with van der Waals surface area (Å²) >= 11 is -2.29. The van der Waals surface area contributed by atoms with Crippen molar-refractivity contribution in [2.75, 3.05) is 6.54 Å². The second-order valence-corrected chi connectivity index (χ2v) is 8.21. The molecule has 0 aliphatic carbocycles. The number of carbonyl (C=O) groups excluding carboxylic acids is 1. The van der Waals surface area contributed by atoms with E-state index in [0.717, 1.165) is 46.9 Å². The molecule has 1 unspecified atom stereocenters. The summed E-state index contributed by atoms with van der Waals surface area (Å²) in [4.78, 5) is 14.1. The van der Waals surface area contributed by atoms with Crippen molar-refractivity contribution in [2.24, 2.45) is 0 Å². The molecule has 0 saturated heterocycles. The van der Waals surface area contributed by atoms with Gasteiger partial charge in [-0.05, 0) is 53.1 Å². The molecule has 0 radical (unpaired) electrons. The van der Waals surface area contributed by atoms with E-state index in [-0.39, 0.29) is 6.42 Å². The number of H-pyrrole nitrogens is 1. The monoisotopic (exact) mass is 428 g/mol. The summed E-state index contributed by atoms with van der Waals surface area (Å²) in [5, 5.41) is 9.60. The first-order valence-corrected chi connectivity index (χ1v) is 11.0. The maximum Gasteiger partial charge on any atom is 0.243 e. The third-order valence-electron chi connectivity index (χ3n) is 5.10. The maximum absolute atomic E-state index is 11.6. The number of amides is 1. The number of carbonyl (C=O) groups is 1. The quantitative estimate of drug-likeness (QED) is 0.186. The molecule has 0 spiro atoms. The summed E-state index contributed by atoms with van der Waals surface area (Å²) in [7, 11) is 0. The van der Waals surface area contributed by atoms with E-state index in [4.69, 9.17) is 5.21 Å². The molecule has 1 heterocycles. The molecule has 0 saturated carbocycles. The Morgan fingerprint density at radius 2 is 1.77 bits per heavy atom. The first-order valence-electron chi connectivity index (χ1n) is 10.0. The van der Waals surface area contributed by atoms with Gasteiger partial charge in [-0.3, -0.25) is 14.2 Å². The van der Waals surface area contributed by atoms with E-state index in [9.17, 15) is 13.6 Å². The number of nitrogens with zero attached hydrogens (tertiary/aromatic N) is 1. The first kappa shape index (κ1) is 22.2. The van der Waals surface area contributed by atoms with E-state index in [1.54, 1.807) is 5.48 Å². The largest absolute Gasteiger partial charge is 0.760 e. The molecule has 160 valence electrons. The number of aromatic nitrogens is 1. The smallest absolute Gasteiger partial charge is 0.243 e. The molecule has 1 amide bonds. The zero-order valence-electron chi connectivity index (χ0n) is 16.7. The number of aromatic amines is 1. The van der Waals surface area contributed by atoms with Gasteiger partial charge in [0.25, 0.3) is 0 Å². The number of hydrogen-bond donors (Lipinski definition) is 3. The Bertz CT molecular complexity index is 987. The SMILES string of the molecule is O=C(CCCCCCN(Cc1ccc(-c2ccc3[nH]ccc3c2)cc1)S(=O)[O-])NO. The van der Waals surface area contributed by atoms with E-state index >= 15 is 0 Å². The molecule has 0 aliphatic rings. The van der Waals surface area contributed by atoms with E-state index < -0.39 is 17.2 Å². The van der Waals surface area contributed by atoms with Gasteiger partial charge in [-0.2, -0.15) is 0 Å². The molecule has 0 fully saturated rings. The fourth-order valence-corrected chi connectivity index (χ4v) is 3.96. The van der Waals surface area contributed by atoms with Gasteiger partial charge in [0.05, 0.1) is 0 Å². The van der Waals surface area contributed by atoms with Crippen LogP contribution in [0, 0.1) is 0 Å². The molecular formula is C22H26N3O4S-. The second kappa shape index (κ2) is 11.0. The van der Waals surface area contributed by atoms with Gasteiger partial charge in [0, 0.05) is 42.5 Å². The highest BCUT2D eigenvalue weighted by Crippen LogP contribution is 2.24. The summed E-state index contributed by atoms with van der Waals surface area (Å²) in [6.07, 6.45) is 5.23. The van der Waals surface area contributed by atoms with Crippen molar-refractivity contribution in [3.05, 3.63) is 60.3 Å². The molecule has 0 aliphatic heterocycles. The second-order valence-electron chi connectivity index (χ2n) is 7.26. The van der Waals surface area contributed by atoms with Crippen LogP contribution in [0.5, 0.6) is 0 Å². The molecule has 8 heteroatoms. The lowest BCUT2D eigenvalue weighted by Crippen LogP contribution is -2.26. The number of hydrogen-bond acceptors (Lipinski definition) is 4. The lowest BCUT2D eigenvalue weighted by Gasteiger charge is -2.24. The van der Waals surface area contributed by atoms with Crippen LogP contribution < -0.4 is 5.48 Å². The molecule has 1 atom stereocenters. The van der Waals surface area contributed by atoms with Crippen LogP contribution in [0.2, 0.25) is 0 Å². The average molecular weight is 429 g/mol. The molecule has 7 nitrogen and oxygen atoms in total. The number of unbranched alkanes of at least 4 members (excludes halogenated alkanes) is 3. The van der Waals surface area contributed by atoms with Crippen molar-refractivity contribution in [1.82, 2.24) is 14.8 Å². The Morgan fingerprint density at radius 1 is 1.03 bits per heavy atom. The Labute approximate surface area is 178 Å². The number of hydroxylamine groups is 1. The van der Waals surface area contributed by atoms with Crippen LogP contribution >= 0.6 is 0 Å².